The van der Waals surface area contributed by atoms with Crippen LogP contribution in [0.4, 0.5) is 5.69 Å². The van der Waals surface area contributed by atoms with Gasteiger partial charge in [-0.1, -0.05) is 22.9 Å². The zero-order valence-corrected chi connectivity index (χ0v) is 16.6. The summed E-state index contributed by atoms with van der Waals surface area (Å²) in [4.78, 5) is 12.2. The average molecular weight is 394 g/mol. The number of carbonyl (C=O) groups excluding carboxylic acids is 1. The van der Waals surface area contributed by atoms with Crippen LogP contribution in [-0.2, 0) is 16.1 Å². The fourth-order valence-corrected chi connectivity index (χ4v) is 3.37. The van der Waals surface area contributed by atoms with Crippen molar-refractivity contribution < 1.29 is 23.5 Å². The van der Waals surface area contributed by atoms with Crippen molar-refractivity contribution in [1.29, 1.82) is 0 Å². The number of aromatic nitrogens is 1. The van der Waals surface area contributed by atoms with E-state index in [0.29, 0.717) is 23.0 Å². The number of aryl methyl sites for hydroxylation is 3. The fraction of sp³-hybridized carbons (Fsp3) is 0.273. The van der Waals surface area contributed by atoms with E-state index in [0.717, 1.165) is 22.4 Å². The van der Waals surface area contributed by atoms with Gasteiger partial charge in [-0.05, 0) is 50.1 Å². The molecular weight excluding hydrogens is 372 g/mol. The SMILES string of the molecule is Cc1cc(C)c(NC(=O)COCc2cc(-c3ccc4c(c3)OCO4)on2)c(C)c1. The molecule has 7 heteroatoms. The Kier molecular flexibility index (Phi) is 5.22. The second kappa shape index (κ2) is 7.97. The molecule has 2 aromatic carbocycles. The number of amides is 1. The maximum atomic E-state index is 12.2. The minimum atomic E-state index is -0.209. The van der Waals surface area contributed by atoms with Crippen LogP contribution in [0, 0.1) is 20.8 Å². The van der Waals surface area contributed by atoms with Crippen molar-refractivity contribution in [2.24, 2.45) is 0 Å². The Labute approximate surface area is 168 Å². The Bertz CT molecular complexity index is 1030. The van der Waals surface area contributed by atoms with Gasteiger partial charge in [0.05, 0.1) is 6.61 Å². The molecule has 1 aromatic heterocycles. The highest BCUT2D eigenvalue weighted by molar-refractivity contribution is 5.93. The maximum Gasteiger partial charge on any atom is 0.250 e. The largest absolute Gasteiger partial charge is 0.454 e. The summed E-state index contributed by atoms with van der Waals surface area (Å²) in [6.45, 7) is 6.31. The molecule has 0 atom stereocenters. The number of hydrogen-bond acceptors (Lipinski definition) is 6. The molecule has 0 spiro atoms. The first kappa shape index (κ1) is 19.0. The summed E-state index contributed by atoms with van der Waals surface area (Å²) in [5, 5.41) is 6.91. The van der Waals surface area contributed by atoms with Crippen LogP contribution in [0.15, 0.2) is 40.9 Å². The van der Waals surface area contributed by atoms with Gasteiger partial charge < -0.3 is 24.1 Å². The van der Waals surface area contributed by atoms with Gasteiger partial charge in [-0.2, -0.15) is 0 Å². The highest BCUT2D eigenvalue weighted by Gasteiger charge is 2.16. The fourth-order valence-electron chi connectivity index (χ4n) is 3.37. The van der Waals surface area contributed by atoms with Crippen molar-refractivity contribution in [1.82, 2.24) is 5.16 Å². The third-order valence-electron chi connectivity index (χ3n) is 4.64. The van der Waals surface area contributed by atoms with Gasteiger partial charge in [0, 0.05) is 17.3 Å². The van der Waals surface area contributed by atoms with Gasteiger partial charge in [-0.25, -0.2) is 0 Å². The number of hydrogen-bond donors (Lipinski definition) is 1. The summed E-state index contributed by atoms with van der Waals surface area (Å²) in [6.07, 6.45) is 0. The standard InChI is InChI=1S/C22H22N2O5/c1-13-6-14(2)22(15(3)7-13)23-21(25)11-26-10-17-9-19(29-24-17)16-4-5-18-20(8-16)28-12-27-18/h4-9H,10-12H2,1-3H3,(H,23,25). The molecule has 29 heavy (non-hydrogen) atoms. The molecule has 7 nitrogen and oxygen atoms in total. The molecule has 1 aliphatic heterocycles. The van der Waals surface area contributed by atoms with E-state index < -0.39 is 0 Å². The number of benzene rings is 2. The number of rotatable bonds is 6. The van der Waals surface area contributed by atoms with Crippen molar-refractivity contribution in [2.45, 2.75) is 27.4 Å². The highest BCUT2D eigenvalue weighted by Crippen LogP contribution is 2.36. The van der Waals surface area contributed by atoms with E-state index in [1.165, 1.54) is 5.56 Å². The first-order chi connectivity index (χ1) is 14.0. The molecule has 0 radical (unpaired) electrons. The smallest absolute Gasteiger partial charge is 0.250 e. The second-order valence-electron chi connectivity index (χ2n) is 7.07. The maximum absolute atomic E-state index is 12.2. The Hall–Kier alpha value is -3.32. The molecule has 0 aliphatic carbocycles. The number of nitrogens with zero attached hydrogens (tertiary/aromatic N) is 1. The quantitative estimate of drug-likeness (QED) is 0.676. The molecule has 4 rings (SSSR count). The van der Waals surface area contributed by atoms with E-state index in [2.05, 4.69) is 10.5 Å². The summed E-state index contributed by atoms with van der Waals surface area (Å²) in [5.74, 6) is 1.77. The Morgan fingerprint density at radius 3 is 2.62 bits per heavy atom. The number of nitrogens with one attached hydrogen (secondary N) is 1. The molecule has 150 valence electrons. The van der Waals surface area contributed by atoms with E-state index in [4.69, 9.17) is 18.7 Å². The first-order valence-electron chi connectivity index (χ1n) is 9.30. The zero-order valence-electron chi connectivity index (χ0n) is 16.6. The van der Waals surface area contributed by atoms with Gasteiger partial charge in [-0.15, -0.1) is 0 Å². The Balaban J connectivity index is 1.32. The minimum absolute atomic E-state index is 0.0705. The summed E-state index contributed by atoms with van der Waals surface area (Å²) < 4.78 is 21.6. The molecule has 0 saturated heterocycles. The molecule has 1 N–H and O–H groups in total. The van der Waals surface area contributed by atoms with Crippen molar-refractivity contribution >= 4 is 11.6 Å². The summed E-state index contributed by atoms with van der Waals surface area (Å²) >= 11 is 0. The van der Waals surface area contributed by atoms with Crippen LogP contribution >= 0.6 is 0 Å². The molecule has 0 saturated carbocycles. The van der Waals surface area contributed by atoms with Gasteiger partial charge in [-0.3, -0.25) is 4.79 Å². The van der Waals surface area contributed by atoms with Crippen LogP contribution in [0.5, 0.6) is 11.5 Å². The topological polar surface area (TPSA) is 82.8 Å². The third-order valence-corrected chi connectivity index (χ3v) is 4.64. The number of carbonyl (C=O) groups is 1. The lowest BCUT2D eigenvalue weighted by molar-refractivity contribution is -0.121. The van der Waals surface area contributed by atoms with Crippen LogP contribution in [-0.4, -0.2) is 24.5 Å². The van der Waals surface area contributed by atoms with Crippen molar-refractivity contribution in [3.8, 4) is 22.8 Å². The molecule has 3 aromatic rings. The predicted octanol–water partition coefficient (Wildman–Crippen LogP) is 4.15. The van der Waals surface area contributed by atoms with Crippen LogP contribution in [0.2, 0.25) is 0 Å². The first-order valence-corrected chi connectivity index (χ1v) is 9.30. The monoisotopic (exact) mass is 394 g/mol. The van der Waals surface area contributed by atoms with Gasteiger partial charge in [0.25, 0.3) is 0 Å². The van der Waals surface area contributed by atoms with Crippen molar-refractivity contribution in [3.63, 3.8) is 0 Å². The Morgan fingerprint density at radius 2 is 1.83 bits per heavy atom. The molecule has 2 heterocycles. The van der Waals surface area contributed by atoms with Gasteiger partial charge in [0.1, 0.15) is 12.3 Å². The van der Waals surface area contributed by atoms with Gasteiger partial charge in [0.15, 0.2) is 17.3 Å². The molecule has 0 unspecified atom stereocenters. The molecule has 0 bridgehead atoms. The highest BCUT2D eigenvalue weighted by atomic mass is 16.7. The predicted molar refractivity (Wildman–Crippen MR) is 107 cm³/mol. The number of anilines is 1. The van der Waals surface area contributed by atoms with E-state index in [-0.39, 0.29) is 25.9 Å². The van der Waals surface area contributed by atoms with Gasteiger partial charge >= 0.3 is 0 Å². The van der Waals surface area contributed by atoms with E-state index in [9.17, 15) is 4.79 Å². The number of fused-ring (bicyclic) bond motifs is 1. The lowest BCUT2D eigenvalue weighted by Gasteiger charge is -2.12. The van der Waals surface area contributed by atoms with Gasteiger partial charge in [0.2, 0.25) is 12.7 Å². The van der Waals surface area contributed by atoms with Crippen molar-refractivity contribution in [3.05, 3.63) is 58.8 Å². The van der Waals surface area contributed by atoms with E-state index in [1.807, 2.05) is 51.1 Å². The molecule has 1 amide bonds. The van der Waals surface area contributed by atoms with Crippen LogP contribution in [0.3, 0.4) is 0 Å². The van der Waals surface area contributed by atoms with E-state index >= 15 is 0 Å². The average Bonchev–Trinajstić information content (AvgIpc) is 3.33. The number of ether oxygens (including phenoxy) is 3. The summed E-state index contributed by atoms with van der Waals surface area (Å²) in [7, 11) is 0. The third kappa shape index (κ3) is 4.25. The van der Waals surface area contributed by atoms with Crippen LogP contribution in [0.25, 0.3) is 11.3 Å². The summed E-state index contributed by atoms with van der Waals surface area (Å²) in [5.41, 5.74) is 5.49. The second-order valence-corrected chi connectivity index (χ2v) is 7.07. The molecule has 0 fully saturated rings. The van der Waals surface area contributed by atoms with Crippen LogP contribution in [0.1, 0.15) is 22.4 Å². The lowest BCUT2D eigenvalue weighted by atomic mass is 10.1. The Morgan fingerprint density at radius 1 is 1.07 bits per heavy atom. The van der Waals surface area contributed by atoms with E-state index in [1.54, 1.807) is 6.07 Å². The minimum Gasteiger partial charge on any atom is -0.454 e. The lowest BCUT2D eigenvalue weighted by Crippen LogP contribution is -2.19. The van der Waals surface area contributed by atoms with Crippen molar-refractivity contribution in [2.75, 3.05) is 18.7 Å². The molecular formula is C22H22N2O5. The molecule has 1 aliphatic rings. The normalized spacial score (nSPS) is 12.2. The van der Waals surface area contributed by atoms with Crippen LogP contribution < -0.4 is 14.8 Å². The zero-order chi connectivity index (χ0) is 20.4. The summed E-state index contributed by atoms with van der Waals surface area (Å²) in [6, 6.07) is 11.4.